The van der Waals surface area contributed by atoms with Gasteiger partial charge in [0.1, 0.15) is 0 Å². The third kappa shape index (κ3) is 1.78. The fourth-order valence-electron chi connectivity index (χ4n) is 0.661. The van der Waals surface area contributed by atoms with Crippen LogP contribution in [0.4, 0.5) is 5.82 Å². The first-order valence-electron chi connectivity index (χ1n) is 3.37. The highest BCUT2D eigenvalue weighted by atomic mass is 32.1. The minimum absolute atomic E-state index is 0.0770. The first-order chi connectivity index (χ1) is 5.04. The molecule has 0 atom stereocenters. The molecule has 3 heteroatoms. The zero-order valence-corrected chi connectivity index (χ0v) is 7.70. The van der Waals surface area contributed by atoms with Gasteiger partial charge in [0.2, 0.25) is 0 Å². The summed E-state index contributed by atoms with van der Waals surface area (Å²) in [5.41, 5.74) is 0.0770. The van der Waals surface area contributed by atoms with Gasteiger partial charge >= 0.3 is 0 Å². The van der Waals surface area contributed by atoms with E-state index in [0.29, 0.717) is 5.82 Å². The quantitative estimate of drug-likeness (QED) is 0.541. The first-order valence-corrected chi connectivity index (χ1v) is 4.25. The third-order valence-electron chi connectivity index (χ3n) is 1.25. The summed E-state index contributed by atoms with van der Waals surface area (Å²) in [7, 11) is 0. The molecule has 2 nitrogen and oxygen atoms in total. The van der Waals surface area contributed by atoms with Gasteiger partial charge < -0.3 is 4.85 Å². The number of aromatic nitrogens is 1. The lowest BCUT2D eigenvalue weighted by molar-refractivity contribution is 0.586. The second-order valence-corrected chi connectivity index (χ2v) is 4.23. The molecular weight excluding hydrogens is 156 g/mol. The molecule has 0 spiro atoms. The molecule has 1 aromatic rings. The SMILES string of the molecule is [C-]#[N+]c1csc(C(C)(C)C)n1. The van der Waals surface area contributed by atoms with Crippen molar-refractivity contribution in [2.75, 3.05) is 0 Å². The Hall–Kier alpha value is -0.880. The van der Waals surface area contributed by atoms with E-state index in [9.17, 15) is 0 Å². The van der Waals surface area contributed by atoms with Crippen molar-refractivity contribution in [1.82, 2.24) is 4.98 Å². The number of hydrogen-bond donors (Lipinski definition) is 0. The molecule has 0 aromatic carbocycles. The second kappa shape index (κ2) is 2.63. The molecular formula is C8H10N2S. The molecule has 1 aromatic heterocycles. The van der Waals surface area contributed by atoms with Gasteiger partial charge in [-0.2, -0.15) is 0 Å². The van der Waals surface area contributed by atoms with Crippen LogP contribution in [-0.4, -0.2) is 4.98 Å². The molecule has 0 saturated heterocycles. The first kappa shape index (κ1) is 8.22. The van der Waals surface area contributed by atoms with Crippen LogP contribution in [0.5, 0.6) is 0 Å². The molecule has 0 radical (unpaired) electrons. The van der Waals surface area contributed by atoms with Crippen LogP contribution in [0.3, 0.4) is 0 Å². The Labute approximate surface area is 70.7 Å². The van der Waals surface area contributed by atoms with E-state index in [-0.39, 0.29) is 5.41 Å². The third-order valence-corrected chi connectivity index (χ3v) is 2.50. The molecule has 0 aliphatic rings. The molecule has 1 heterocycles. The summed E-state index contributed by atoms with van der Waals surface area (Å²) in [6.07, 6.45) is 0. The molecule has 0 fully saturated rings. The minimum Gasteiger partial charge on any atom is -0.360 e. The van der Waals surface area contributed by atoms with Crippen LogP contribution >= 0.6 is 11.3 Å². The Morgan fingerprint density at radius 3 is 2.45 bits per heavy atom. The highest BCUT2D eigenvalue weighted by Gasteiger charge is 2.21. The van der Waals surface area contributed by atoms with Gasteiger partial charge in [-0.1, -0.05) is 27.3 Å². The molecule has 0 aliphatic heterocycles. The van der Waals surface area contributed by atoms with Gasteiger partial charge in [0, 0.05) is 10.8 Å². The number of nitrogens with zero attached hydrogens (tertiary/aromatic N) is 2. The van der Waals surface area contributed by atoms with E-state index in [1.807, 2.05) is 0 Å². The molecule has 0 N–H and O–H groups in total. The van der Waals surface area contributed by atoms with Gasteiger partial charge in [-0.3, -0.25) is 0 Å². The summed E-state index contributed by atoms with van der Waals surface area (Å²) in [6.45, 7) is 13.0. The Morgan fingerprint density at radius 2 is 2.18 bits per heavy atom. The van der Waals surface area contributed by atoms with E-state index in [2.05, 4.69) is 30.6 Å². The van der Waals surface area contributed by atoms with Crippen LogP contribution in [0.2, 0.25) is 0 Å². The second-order valence-electron chi connectivity index (χ2n) is 3.37. The number of rotatable bonds is 0. The van der Waals surface area contributed by atoms with Crippen molar-refractivity contribution in [1.29, 1.82) is 0 Å². The van der Waals surface area contributed by atoms with Crippen molar-refractivity contribution >= 4 is 17.2 Å². The van der Waals surface area contributed by atoms with Gasteiger partial charge in [0.05, 0.1) is 0 Å². The van der Waals surface area contributed by atoms with Crippen LogP contribution in [0.1, 0.15) is 25.8 Å². The van der Waals surface area contributed by atoms with Gasteiger partial charge in [0.15, 0.2) is 5.01 Å². The summed E-state index contributed by atoms with van der Waals surface area (Å²) in [5.74, 6) is 0.514. The summed E-state index contributed by atoms with van der Waals surface area (Å²) >= 11 is 1.56. The predicted octanol–water partition coefficient (Wildman–Crippen LogP) is 2.99. The van der Waals surface area contributed by atoms with Crippen LogP contribution in [0.15, 0.2) is 5.38 Å². The van der Waals surface area contributed by atoms with Crippen LogP contribution < -0.4 is 0 Å². The van der Waals surface area contributed by atoms with Gasteiger partial charge in [-0.05, 0) is 0 Å². The van der Waals surface area contributed by atoms with Gasteiger partial charge in [-0.25, -0.2) is 0 Å². The highest BCUT2D eigenvalue weighted by Crippen LogP contribution is 2.28. The standard InChI is InChI=1S/C8H10N2S/c1-8(2,3)7-10-6(9-4)5-11-7/h5H,1-3H3. The van der Waals surface area contributed by atoms with E-state index in [0.717, 1.165) is 5.01 Å². The average molecular weight is 166 g/mol. The summed E-state index contributed by atoms with van der Waals surface area (Å²) in [6, 6.07) is 0. The van der Waals surface area contributed by atoms with Crippen molar-refractivity contribution in [3.05, 3.63) is 21.8 Å². The zero-order chi connectivity index (χ0) is 8.48. The maximum absolute atomic E-state index is 6.73. The van der Waals surface area contributed by atoms with Gasteiger partial charge in [-0.15, -0.1) is 16.3 Å². The summed E-state index contributed by atoms with van der Waals surface area (Å²) < 4.78 is 0. The Bertz CT molecular complexity index is 288. The zero-order valence-electron chi connectivity index (χ0n) is 6.88. The van der Waals surface area contributed by atoms with Crippen LogP contribution in [0.25, 0.3) is 4.85 Å². The average Bonchev–Trinajstić information content (AvgIpc) is 2.32. The van der Waals surface area contributed by atoms with Crippen molar-refractivity contribution in [2.45, 2.75) is 26.2 Å². The number of hydrogen-bond acceptors (Lipinski definition) is 2. The minimum atomic E-state index is 0.0770. The van der Waals surface area contributed by atoms with E-state index < -0.39 is 0 Å². The van der Waals surface area contributed by atoms with Crippen molar-refractivity contribution in [3.8, 4) is 0 Å². The summed E-state index contributed by atoms with van der Waals surface area (Å²) in [4.78, 5) is 7.42. The van der Waals surface area contributed by atoms with Crippen LogP contribution in [0, 0.1) is 6.57 Å². The molecule has 0 bridgehead atoms. The van der Waals surface area contributed by atoms with E-state index in [4.69, 9.17) is 6.57 Å². The van der Waals surface area contributed by atoms with Crippen LogP contribution in [-0.2, 0) is 5.41 Å². The lowest BCUT2D eigenvalue weighted by Gasteiger charge is -2.09. The lowest BCUT2D eigenvalue weighted by Crippen LogP contribution is -2.09. The van der Waals surface area contributed by atoms with Crippen molar-refractivity contribution in [2.24, 2.45) is 0 Å². The maximum Gasteiger partial charge on any atom is 0.280 e. The normalized spacial score (nSPS) is 11.1. The Morgan fingerprint density at radius 1 is 1.55 bits per heavy atom. The van der Waals surface area contributed by atoms with E-state index in [1.165, 1.54) is 0 Å². The number of thiazole rings is 1. The largest absolute Gasteiger partial charge is 0.360 e. The topological polar surface area (TPSA) is 17.2 Å². The molecule has 0 amide bonds. The van der Waals surface area contributed by atoms with E-state index in [1.54, 1.807) is 16.7 Å². The molecule has 58 valence electrons. The fraction of sp³-hybridized carbons (Fsp3) is 0.500. The van der Waals surface area contributed by atoms with E-state index >= 15 is 0 Å². The lowest BCUT2D eigenvalue weighted by atomic mass is 9.98. The Kier molecular flexibility index (Phi) is 1.97. The predicted molar refractivity (Wildman–Crippen MR) is 47.1 cm³/mol. The fourth-order valence-corrected chi connectivity index (χ4v) is 1.48. The van der Waals surface area contributed by atoms with Gasteiger partial charge in [0.25, 0.3) is 5.82 Å². The molecule has 1 rings (SSSR count). The maximum atomic E-state index is 6.73. The highest BCUT2D eigenvalue weighted by molar-refractivity contribution is 7.10. The smallest absolute Gasteiger partial charge is 0.280 e. The Balaban J connectivity index is 3.01. The molecule has 0 saturated carbocycles. The molecule has 0 aliphatic carbocycles. The molecule has 0 unspecified atom stereocenters. The van der Waals surface area contributed by atoms with Crippen molar-refractivity contribution < 1.29 is 0 Å². The summed E-state index contributed by atoms with van der Waals surface area (Å²) in [5, 5.41) is 2.83. The molecule has 11 heavy (non-hydrogen) atoms. The monoisotopic (exact) mass is 166 g/mol. The van der Waals surface area contributed by atoms with Crippen molar-refractivity contribution in [3.63, 3.8) is 0 Å².